The summed E-state index contributed by atoms with van der Waals surface area (Å²) in [5.74, 6) is 3.32. The van der Waals surface area contributed by atoms with Crippen molar-refractivity contribution in [2.45, 2.75) is 96.8 Å². The average molecular weight is 415 g/mol. The van der Waals surface area contributed by atoms with E-state index in [1.807, 2.05) is 0 Å². The maximum absolute atomic E-state index is 12.6. The molecule has 0 N–H and O–H groups in total. The lowest BCUT2D eigenvalue weighted by atomic mass is 9.61. The molecule has 0 aliphatic heterocycles. The zero-order chi connectivity index (χ0) is 20.9. The van der Waals surface area contributed by atoms with E-state index in [1.165, 1.54) is 83.1 Å². The van der Waals surface area contributed by atoms with Gasteiger partial charge in [0.15, 0.2) is 0 Å². The molecule has 2 heteroatoms. The van der Waals surface area contributed by atoms with Gasteiger partial charge in [0, 0.05) is 0 Å². The van der Waals surface area contributed by atoms with Gasteiger partial charge in [-0.25, -0.2) is 0 Å². The summed E-state index contributed by atoms with van der Waals surface area (Å²) in [6.45, 7) is 2.28. The molecule has 2 saturated carbocycles. The molecule has 3 unspecified atom stereocenters. The third-order valence-electron chi connectivity index (χ3n) is 8.58. The number of aryl methyl sites for hydroxylation is 2. The zero-order valence-electron chi connectivity index (χ0n) is 18.9. The fraction of sp³-hybridized carbons (Fsp3) is 0.714. The standard InChI is InChI=1S/C28H40F2/c1-2-3-4-5-6-20-7-9-24-18-26(13-11-22(24)15-20)27-14-12-23-16-21(17-28(29)30)8-10-25(23)19-27/h7,9,15,17,21,23,25-27H,2-6,8,10-14,16,18-19H2,1H3/t21-,23?,25-,26?,27?/m1/s1. The van der Waals surface area contributed by atoms with Gasteiger partial charge in [0.05, 0.1) is 0 Å². The summed E-state index contributed by atoms with van der Waals surface area (Å²) in [6.07, 6.45) is 17.3. The van der Waals surface area contributed by atoms with E-state index >= 15 is 0 Å². The highest BCUT2D eigenvalue weighted by molar-refractivity contribution is 5.34. The highest BCUT2D eigenvalue weighted by atomic mass is 19.3. The molecule has 0 nitrogen and oxygen atoms in total. The number of benzene rings is 1. The van der Waals surface area contributed by atoms with Gasteiger partial charge in [0.1, 0.15) is 0 Å². The van der Waals surface area contributed by atoms with Gasteiger partial charge in [-0.15, -0.1) is 0 Å². The summed E-state index contributed by atoms with van der Waals surface area (Å²) < 4.78 is 25.3. The minimum absolute atomic E-state index is 0.130. The summed E-state index contributed by atoms with van der Waals surface area (Å²) in [5, 5.41) is 0. The van der Waals surface area contributed by atoms with E-state index in [0.29, 0.717) is 5.92 Å². The molecule has 0 amide bonds. The summed E-state index contributed by atoms with van der Waals surface area (Å²) in [7, 11) is 0. The number of allylic oxidation sites excluding steroid dienone is 1. The first kappa shape index (κ1) is 22.0. The number of hydrogen-bond donors (Lipinski definition) is 0. The fourth-order valence-electron chi connectivity index (χ4n) is 6.87. The van der Waals surface area contributed by atoms with Crippen molar-refractivity contribution in [1.82, 2.24) is 0 Å². The lowest BCUT2D eigenvalue weighted by Gasteiger charge is -2.44. The Morgan fingerprint density at radius 3 is 2.43 bits per heavy atom. The van der Waals surface area contributed by atoms with Crippen molar-refractivity contribution in [1.29, 1.82) is 0 Å². The number of hydrogen-bond acceptors (Lipinski definition) is 0. The number of rotatable bonds is 7. The van der Waals surface area contributed by atoms with Crippen LogP contribution in [0.25, 0.3) is 0 Å². The highest BCUT2D eigenvalue weighted by Crippen LogP contribution is 2.48. The van der Waals surface area contributed by atoms with Crippen molar-refractivity contribution in [3.05, 3.63) is 47.0 Å². The molecule has 4 rings (SSSR count). The molecule has 0 spiro atoms. The second-order valence-corrected chi connectivity index (χ2v) is 10.5. The van der Waals surface area contributed by atoms with Gasteiger partial charge in [-0.2, -0.15) is 8.78 Å². The summed E-state index contributed by atoms with van der Waals surface area (Å²) in [5.41, 5.74) is 4.77. The Labute approximate surface area is 182 Å². The van der Waals surface area contributed by atoms with Gasteiger partial charge in [-0.1, -0.05) is 44.4 Å². The van der Waals surface area contributed by atoms with Gasteiger partial charge >= 0.3 is 0 Å². The highest BCUT2D eigenvalue weighted by Gasteiger charge is 2.38. The van der Waals surface area contributed by atoms with E-state index in [2.05, 4.69) is 25.1 Å². The molecule has 30 heavy (non-hydrogen) atoms. The third-order valence-corrected chi connectivity index (χ3v) is 8.58. The maximum atomic E-state index is 12.6. The molecule has 1 aromatic carbocycles. The van der Waals surface area contributed by atoms with Crippen LogP contribution < -0.4 is 0 Å². The molecule has 0 saturated heterocycles. The monoisotopic (exact) mass is 414 g/mol. The van der Waals surface area contributed by atoms with Crippen LogP contribution in [0.3, 0.4) is 0 Å². The third kappa shape index (κ3) is 5.54. The Morgan fingerprint density at radius 2 is 1.63 bits per heavy atom. The average Bonchev–Trinajstić information content (AvgIpc) is 2.75. The molecule has 2 fully saturated rings. The second kappa shape index (κ2) is 10.4. The lowest BCUT2D eigenvalue weighted by molar-refractivity contribution is 0.0803. The largest absolute Gasteiger partial charge is 0.266 e. The van der Waals surface area contributed by atoms with Crippen LogP contribution >= 0.6 is 0 Å². The van der Waals surface area contributed by atoms with Crippen molar-refractivity contribution in [3.8, 4) is 0 Å². The van der Waals surface area contributed by atoms with Crippen LogP contribution in [0, 0.1) is 29.6 Å². The van der Waals surface area contributed by atoms with Crippen LogP contribution in [0.2, 0.25) is 0 Å². The first-order valence-corrected chi connectivity index (χ1v) is 12.8. The topological polar surface area (TPSA) is 0 Å². The van der Waals surface area contributed by atoms with E-state index in [-0.39, 0.29) is 5.92 Å². The first-order valence-electron chi connectivity index (χ1n) is 12.8. The maximum Gasteiger partial charge on any atom is 0.266 e. The van der Waals surface area contributed by atoms with Gasteiger partial charge in [-0.05, 0) is 123 Å². The fourth-order valence-corrected chi connectivity index (χ4v) is 6.87. The smallest absolute Gasteiger partial charge is 0.174 e. The van der Waals surface area contributed by atoms with E-state index in [4.69, 9.17) is 0 Å². The number of unbranched alkanes of at least 4 members (excludes halogenated alkanes) is 3. The molecule has 1 aromatic rings. The Bertz CT molecular complexity index is 717. The lowest BCUT2D eigenvalue weighted by Crippen LogP contribution is -2.34. The molecule has 0 radical (unpaired) electrons. The molecule has 166 valence electrons. The normalized spacial score (nSPS) is 31.0. The summed E-state index contributed by atoms with van der Waals surface area (Å²) in [6, 6.07) is 7.33. The van der Waals surface area contributed by atoms with Gasteiger partial charge in [0.2, 0.25) is 0 Å². The van der Waals surface area contributed by atoms with Crippen LogP contribution in [-0.4, -0.2) is 0 Å². The second-order valence-electron chi connectivity index (χ2n) is 10.5. The van der Waals surface area contributed by atoms with Crippen LogP contribution in [0.15, 0.2) is 30.4 Å². The number of fused-ring (bicyclic) bond motifs is 2. The molecule has 0 bridgehead atoms. The first-order chi connectivity index (χ1) is 14.6. The van der Waals surface area contributed by atoms with Crippen LogP contribution in [0.4, 0.5) is 8.78 Å². The van der Waals surface area contributed by atoms with Crippen LogP contribution in [0.1, 0.15) is 94.2 Å². The van der Waals surface area contributed by atoms with E-state index in [0.717, 1.165) is 30.6 Å². The summed E-state index contributed by atoms with van der Waals surface area (Å²) in [4.78, 5) is 0. The molecule has 3 aliphatic carbocycles. The van der Waals surface area contributed by atoms with Crippen molar-refractivity contribution in [2.24, 2.45) is 29.6 Å². The van der Waals surface area contributed by atoms with Crippen molar-refractivity contribution in [2.75, 3.05) is 0 Å². The van der Waals surface area contributed by atoms with Crippen molar-refractivity contribution >= 4 is 0 Å². The van der Waals surface area contributed by atoms with E-state index in [9.17, 15) is 8.78 Å². The van der Waals surface area contributed by atoms with Crippen molar-refractivity contribution < 1.29 is 8.78 Å². The van der Waals surface area contributed by atoms with E-state index < -0.39 is 6.08 Å². The molecule has 3 aliphatic rings. The molecule has 0 aromatic heterocycles. The minimum Gasteiger partial charge on any atom is -0.174 e. The van der Waals surface area contributed by atoms with Gasteiger partial charge in [0.25, 0.3) is 6.08 Å². The minimum atomic E-state index is -1.47. The predicted octanol–water partition coefficient (Wildman–Crippen LogP) is 8.53. The summed E-state index contributed by atoms with van der Waals surface area (Å²) >= 11 is 0. The van der Waals surface area contributed by atoms with E-state index in [1.54, 1.807) is 16.7 Å². The van der Waals surface area contributed by atoms with Crippen LogP contribution in [0.5, 0.6) is 0 Å². The van der Waals surface area contributed by atoms with Gasteiger partial charge < -0.3 is 0 Å². The predicted molar refractivity (Wildman–Crippen MR) is 122 cm³/mol. The molecular weight excluding hydrogens is 374 g/mol. The quantitative estimate of drug-likeness (QED) is 0.392. The Morgan fingerprint density at radius 1 is 0.867 bits per heavy atom. The Hall–Kier alpha value is -1.18. The van der Waals surface area contributed by atoms with Crippen molar-refractivity contribution in [3.63, 3.8) is 0 Å². The number of halogens is 2. The Kier molecular flexibility index (Phi) is 7.65. The van der Waals surface area contributed by atoms with Gasteiger partial charge in [-0.3, -0.25) is 0 Å². The Balaban J connectivity index is 1.30. The van der Waals surface area contributed by atoms with Crippen LogP contribution in [-0.2, 0) is 19.3 Å². The molecule has 5 atom stereocenters. The molecule has 0 heterocycles. The molecular formula is C28H40F2. The zero-order valence-corrected chi connectivity index (χ0v) is 18.9. The SMILES string of the molecule is CCCCCCc1ccc2c(c1)CCC(C1CCC3C[C@H](C=C(F)F)CC[C@@H]3C1)C2.